The first kappa shape index (κ1) is 23.2. The Hall–Kier alpha value is -3.55. The molecule has 1 aliphatic rings. The van der Waals surface area contributed by atoms with E-state index in [1.165, 1.54) is 30.8 Å². The summed E-state index contributed by atoms with van der Waals surface area (Å²) < 4.78 is 68.1. The highest BCUT2D eigenvalue weighted by Crippen LogP contribution is 2.36. The van der Waals surface area contributed by atoms with Gasteiger partial charge in [0.15, 0.2) is 26.2 Å². The number of halogens is 3. The first-order valence-electron chi connectivity index (χ1n) is 10.7. The summed E-state index contributed by atoms with van der Waals surface area (Å²) in [4.78, 5) is 25.4. The molecule has 0 bridgehead atoms. The van der Waals surface area contributed by atoms with E-state index in [-0.39, 0.29) is 50.2 Å². The van der Waals surface area contributed by atoms with Crippen molar-refractivity contribution in [3.05, 3.63) is 35.8 Å². The molecule has 14 heteroatoms. The Morgan fingerprint density at radius 1 is 1.23 bits per heavy atom. The van der Waals surface area contributed by atoms with Crippen LogP contribution in [0.2, 0.25) is 0 Å². The Balaban J connectivity index is 1.77. The summed E-state index contributed by atoms with van der Waals surface area (Å²) in [6.45, 7) is 3.33. The van der Waals surface area contributed by atoms with E-state index in [1.54, 1.807) is 0 Å². The van der Waals surface area contributed by atoms with Gasteiger partial charge >= 0.3 is 6.18 Å². The molecular weight excluding hydrogens is 487 g/mol. The van der Waals surface area contributed by atoms with E-state index in [0.29, 0.717) is 6.20 Å². The number of nitrogens with zero attached hydrogens (tertiary/aromatic N) is 6. The fraction of sp³-hybridized carbons (Fsp3) is 0.381. The van der Waals surface area contributed by atoms with E-state index < -0.39 is 27.5 Å². The van der Waals surface area contributed by atoms with E-state index >= 15 is 0 Å². The van der Waals surface area contributed by atoms with Crippen LogP contribution in [0.1, 0.15) is 42.7 Å². The minimum absolute atomic E-state index is 0.00747. The minimum Gasteiger partial charge on any atom is -0.346 e. The molecule has 0 atom stereocenters. The number of hydrogen-bond donors (Lipinski definition) is 1. The average Bonchev–Trinajstić information content (AvgIpc) is 3.25. The lowest BCUT2D eigenvalue weighted by atomic mass is 10.2. The van der Waals surface area contributed by atoms with Crippen LogP contribution in [0.5, 0.6) is 0 Å². The van der Waals surface area contributed by atoms with E-state index in [9.17, 15) is 26.4 Å². The van der Waals surface area contributed by atoms with Crippen LogP contribution >= 0.6 is 0 Å². The van der Waals surface area contributed by atoms with Gasteiger partial charge in [0, 0.05) is 25.0 Å². The van der Waals surface area contributed by atoms with E-state index in [1.807, 2.05) is 6.92 Å². The lowest BCUT2D eigenvalue weighted by Crippen LogP contribution is -2.35. The highest BCUT2D eigenvalue weighted by molar-refractivity contribution is 7.91. The zero-order chi connectivity index (χ0) is 25.3. The van der Waals surface area contributed by atoms with Gasteiger partial charge in [0.2, 0.25) is 0 Å². The number of hydrogen-bond acceptors (Lipinski definition) is 7. The molecule has 1 aliphatic carbocycles. The number of carbonyl (C=O) groups is 1. The Kier molecular flexibility index (Phi) is 4.95. The number of pyridine rings is 1. The second kappa shape index (κ2) is 7.47. The molecule has 184 valence electrons. The van der Waals surface area contributed by atoms with Crippen molar-refractivity contribution in [2.24, 2.45) is 7.05 Å². The molecule has 35 heavy (non-hydrogen) atoms. The molecule has 0 spiro atoms. The number of nitrogens with one attached hydrogen (secondary N) is 1. The number of carbonyl (C=O) groups excluding carboxylic acids is 1. The number of aromatic nitrogens is 6. The van der Waals surface area contributed by atoms with Gasteiger partial charge in [0.25, 0.3) is 5.91 Å². The predicted octanol–water partition coefficient (Wildman–Crippen LogP) is 2.77. The number of amides is 1. The van der Waals surface area contributed by atoms with Crippen molar-refractivity contribution in [2.45, 2.75) is 43.4 Å². The van der Waals surface area contributed by atoms with Crippen LogP contribution in [0, 0.1) is 0 Å². The second-order valence-corrected chi connectivity index (χ2v) is 10.9. The molecule has 0 saturated heterocycles. The summed E-state index contributed by atoms with van der Waals surface area (Å²) in [5.74, 6) is -0.745. The molecule has 4 heterocycles. The lowest BCUT2D eigenvalue weighted by Gasteiger charge is -2.11. The molecule has 0 aliphatic heterocycles. The number of fused-ring (bicyclic) bond motifs is 2. The summed E-state index contributed by atoms with van der Waals surface area (Å²) in [5.41, 5.74) is -1.21. The maximum atomic E-state index is 13.2. The van der Waals surface area contributed by atoms with E-state index in [4.69, 9.17) is 0 Å². The van der Waals surface area contributed by atoms with Crippen LogP contribution in [0.15, 0.2) is 29.6 Å². The normalized spacial score (nSPS) is 15.6. The standard InChI is InChI=1S/C21H20F3N7O3S/c1-4-35(33,34)19-14(17-27-12-9-11(21(22,23)24)10-26-15(12)30(17)3)16-25-8-5-13(31(16)29-19)18(32)28-20(2)6-7-20/h5,8-10H,4,6-7H2,1-3H3,(H,28,32). The predicted molar refractivity (Wildman–Crippen MR) is 118 cm³/mol. The van der Waals surface area contributed by atoms with Gasteiger partial charge in [-0.2, -0.15) is 18.3 Å². The second-order valence-electron chi connectivity index (χ2n) is 8.72. The SMILES string of the molecule is CCS(=O)(=O)c1nn2c(C(=O)NC3(C)CC3)ccnc2c1-c1nc2cc(C(F)(F)F)cnc2n1C. The van der Waals surface area contributed by atoms with Crippen molar-refractivity contribution in [1.29, 1.82) is 0 Å². The van der Waals surface area contributed by atoms with Crippen molar-refractivity contribution < 1.29 is 26.4 Å². The highest BCUT2D eigenvalue weighted by Gasteiger charge is 2.40. The molecule has 1 fully saturated rings. The fourth-order valence-corrected chi connectivity index (χ4v) is 4.73. The van der Waals surface area contributed by atoms with Crippen molar-refractivity contribution in [2.75, 3.05) is 5.75 Å². The topological polar surface area (TPSA) is 124 Å². The van der Waals surface area contributed by atoms with Gasteiger partial charge < -0.3 is 9.88 Å². The maximum absolute atomic E-state index is 13.2. The lowest BCUT2D eigenvalue weighted by molar-refractivity contribution is -0.137. The van der Waals surface area contributed by atoms with E-state index in [0.717, 1.165) is 23.4 Å². The van der Waals surface area contributed by atoms with Gasteiger partial charge in [-0.25, -0.2) is 27.9 Å². The van der Waals surface area contributed by atoms with Crippen molar-refractivity contribution >= 4 is 32.6 Å². The number of rotatable bonds is 5. The highest BCUT2D eigenvalue weighted by atomic mass is 32.2. The zero-order valence-corrected chi connectivity index (χ0v) is 19.7. The van der Waals surface area contributed by atoms with Gasteiger partial charge in [0.1, 0.15) is 22.6 Å². The third kappa shape index (κ3) is 3.81. The summed E-state index contributed by atoms with van der Waals surface area (Å²) in [5, 5.41) is 6.75. The Bertz CT molecular complexity index is 1620. The van der Waals surface area contributed by atoms with Crippen LogP contribution in [0.3, 0.4) is 0 Å². The Morgan fingerprint density at radius 2 is 1.94 bits per heavy atom. The number of sulfone groups is 1. The first-order valence-corrected chi connectivity index (χ1v) is 12.3. The molecule has 4 aromatic heterocycles. The monoisotopic (exact) mass is 507 g/mol. The third-order valence-corrected chi connectivity index (χ3v) is 7.70. The van der Waals surface area contributed by atoms with Gasteiger partial charge in [-0.15, -0.1) is 0 Å². The molecule has 0 aromatic carbocycles. The first-order chi connectivity index (χ1) is 16.3. The number of imidazole rings is 1. The van der Waals surface area contributed by atoms with Crippen molar-refractivity contribution in [3.8, 4) is 11.4 Å². The number of alkyl halides is 3. The molecular formula is C21H20F3N7O3S. The summed E-state index contributed by atoms with van der Waals surface area (Å²) in [7, 11) is -2.45. The molecule has 0 unspecified atom stereocenters. The maximum Gasteiger partial charge on any atom is 0.417 e. The van der Waals surface area contributed by atoms with Crippen LogP contribution in [-0.2, 0) is 23.1 Å². The van der Waals surface area contributed by atoms with Crippen LogP contribution < -0.4 is 5.32 Å². The molecule has 1 saturated carbocycles. The average molecular weight is 507 g/mol. The van der Waals surface area contributed by atoms with Crippen molar-refractivity contribution in [1.82, 2.24) is 34.4 Å². The number of aryl methyl sites for hydroxylation is 1. The Labute approximate surface area is 197 Å². The zero-order valence-electron chi connectivity index (χ0n) is 18.9. The largest absolute Gasteiger partial charge is 0.417 e. The molecule has 5 rings (SSSR count). The van der Waals surface area contributed by atoms with Gasteiger partial charge in [-0.3, -0.25) is 4.79 Å². The molecule has 10 nitrogen and oxygen atoms in total. The summed E-state index contributed by atoms with van der Waals surface area (Å²) in [6.07, 6.45) is -0.955. The Morgan fingerprint density at radius 3 is 2.57 bits per heavy atom. The van der Waals surface area contributed by atoms with Gasteiger partial charge in [-0.1, -0.05) is 6.92 Å². The van der Waals surface area contributed by atoms with Crippen molar-refractivity contribution in [3.63, 3.8) is 0 Å². The van der Waals surface area contributed by atoms with Gasteiger partial charge in [0.05, 0.1) is 11.3 Å². The van der Waals surface area contributed by atoms with Crippen LogP contribution in [-0.4, -0.2) is 54.7 Å². The summed E-state index contributed by atoms with van der Waals surface area (Å²) >= 11 is 0. The van der Waals surface area contributed by atoms with Gasteiger partial charge in [-0.05, 0) is 31.9 Å². The molecule has 1 N–H and O–H groups in total. The van der Waals surface area contributed by atoms with E-state index in [2.05, 4.69) is 25.4 Å². The fourth-order valence-electron chi connectivity index (χ4n) is 3.75. The molecule has 0 radical (unpaired) electrons. The molecule has 4 aromatic rings. The smallest absolute Gasteiger partial charge is 0.346 e. The third-order valence-electron chi connectivity index (χ3n) is 6.07. The quantitative estimate of drug-likeness (QED) is 0.441. The van der Waals surface area contributed by atoms with Crippen LogP contribution in [0.25, 0.3) is 28.2 Å². The molecule has 1 amide bonds. The van der Waals surface area contributed by atoms with Crippen LogP contribution in [0.4, 0.5) is 13.2 Å². The minimum atomic E-state index is -4.62. The summed E-state index contributed by atoms with van der Waals surface area (Å²) in [6, 6.07) is 2.26.